The van der Waals surface area contributed by atoms with Crippen molar-refractivity contribution < 1.29 is 5.11 Å². The first-order valence-corrected chi connectivity index (χ1v) is 8.88. The monoisotopic (exact) mass is 320 g/mol. The van der Waals surface area contributed by atoms with Gasteiger partial charge in [-0.25, -0.2) is 0 Å². The lowest BCUT2D eigenvalue weighted by molar-refractivity contribution is 0.282. The number of aliphatic hydroxyl groups excluding tert-OH is 1. The SMILES string of the molecule is C=C(c1ccc(CO)cc1)c1cc2c(cc1C)C(C)CCC2(C)C. The maximum atomic E-state index is 9.22. The Morgan fingerprint density at radius 3 is 2.50 bits per heavy atom. The molecule has 2 aromatic carbocycles. The van der Waals surface area contributed by atoms with Crippen molar-refractivity contribution in [2.45, 2.75) is 58.5 Å². The van der Waals surface area contributed by atoms with Crippen molar-refractivity contribution in [2.75, 3.05) is 0 Å². The molecule has 0 aliphatic heterocycles. The molecular weight excluding hydrogens is 292 g/mol. The predicted octanol–water partition coefficient (Wildman–Crippen LogP) is 5.72. The van der Waals surface area contributed by atoms with Crippen LogP contribution in [0.3, 0.4) is 0 Å². The Kier molecular flexibility index (Phi) is 4.40. The highest BCUT2D eigenvalue weighted by Crippen LogP contribution is 2.44. The molecule has 126 valence electrons. The van der Waals surface area contributed by atoms with Gasteiger partial charge in [0.2, 0.25) is 0 Å². The van der Waals surface area contributed by atoms with Crippen LogP contribution in [0.15, 0.2) is 43.0 Å². The third kappa shape index (κ3) is 2.93. The highest BCUT2D eigenvalue weighted by molar-refractivity contribution is 5.80. The molecule has 24 heavy (non-hydrogen) atoms. The van der Waals surface area contributed by atoms with Crippen LogP contribution in [0.25, 0.3) is 5.57 Å². The van der Waals surface area contributed by atoms with Crippen LogP contribution < -0.4 is 0 Å². The van der Waals surface area contributed by atoms with Crippen LogP contribution in [0.5, 0.6) is 0 Å². The van der Waals surface area contributed by atoms with Gasteiger partial charge in [-0.3, -0.25) is 0 Å². The van der Waals surface area contributed by atoms with Gasteiger partial charge in [0.05, 0.1) is 6.61 Å². The van der Waals surface area contributed by atoms with Crippen molar-refractivity contribution in [2.24, 2.45) is 0 Å². The van der Waals surface area contributed by atoms with Gasteiger partial charge in [0, 0.05) is 0 Å². The van der Waals surface area contributed by atoms with Gasteiger partial charge in [0.25, 0.3) is 0 Å². The highest BCUT2D eigenvalue weighted by Gasteiger charge is 2.31. The zero-order valence-electron chi connectivity index (χ0n) is 15.3. The number of aliphatic hydroxyl groups is 1. The van der Waals surface area contributed by atoms with E-state index in [1.807, 2.05) is 12.1 Å². The van der Waals surface area contributed by atoms with Gasteiger partial charge in [-0.2, -0.15) is 0 Å². The molecule has 1 aliphatic rings. The molecule has 0 heterocycles. The molecular formula is C23H28O. The number of benzene rings is 2. The first-order chi connectivity index (χ1) is 11.3. The number of hydrogen-bond acceptors (Lipinski definition) is 1. The maximum Gasteiger partial charge on any atom is 0.0681 e. The minimum Gasteiger partial charge on any atom is -0.392 e. The molecule has 1 N–H and O–H groups in total. The lowest BCUT2D eigenvalue weighted by Gasteiger charge is -2.37. The van der Waals surface area contributed by atoms with Crippen molar-refractivity contribution in [1.82, 2.24) is 0 Å². The molecule has 0 bridgehead atoms. The minimum atomic E-state index is 0.0801. The van der Waals surface area contributed by atoms with Crippen LogP contribution in [0.1, 0.15) is 72.9 Å². The summed E-state index contributed by atoms with van der Waals surface area (Å²) in [4.78, 5) is 0. The van der Waals surface area contributed by atoms with E-state index in [0.717, 1.165) is 16.7 Å². The average molecular weight is 320 g/mol. The van der Waals surface area contributed by atoms with E-state index in [2.05, 4.69) is 58.5 Å². The number of rotatable bonds is 3. The van der Waals surface area contributed by atoms with Gasteiger partial charge < -0.3 is 5.11 Å². The minimum absolute atomic E-state index is 0.0801. The fourth-order valence-electron chi connectivity index (χ4n) is 3.88. The molecule has 2 aromatic rings. The molecule has 1 heteroatoms. The Labute approximate surface area is 146 Å². The number of aryl methyl sites for hydroxylation is 1. The van der Waals surface area contributed by atoms with Crippen LogP contribution in [0.2, 0.25) is 0 Å². The van der Waals surface area contributed by atoms with Gasteiger partial charge in [-0.15, -0.1) is 0 Å². The van der Waals surface area contributed by atoms with E-state index in [1.54, 1.807) is 0 Å². The fraction of sp³-hybridized carbons (Fsp3) is 0.391. The molecule has 0 saturated heterocycles. The average Bonchev–Trinajstić information content (AvgIpc) is 2.58. The van der Waals surface area contributed by atoms with E-state index in [0.29, 0.717) is 5.92 Å². The Morgan fingerprint density at radius 2 is 1.88 bits per heavy atom. The highest BCUT2D eigenvalue weighted by atomic mass is 16.3. The second-order valence-electron chi connectivity index (χ2n) is 7.91. The van der Waals surface area contributed by atoms with Crippen LogP contribution in [0.4, 0.5) is 0 Å². The van der Waals surface area contributed by atoms with Gasteiger partial charge in [0.1, 0.15) is 0 Å². The summed E-state index contributed by atoms with van der Waals surface area (Å²) in [7, 11) is 0. The lowest BCUT2D eigenvalue weighted by Crippen LogP contribution is -2.26. The maximum absolute atomic E-state index is 9.22. The summed E-state index contributed by atoms with van der Waals surface area (Å²) in [6.07, 6.45) is 2.50. The molecule has 1 unspecified atom stereocenters. The molecule has 0 spiro atoms. The van der Waals surface area contributed by atoms with E-state index in [4.69, 9.17) is 0 Å². The second kappa shape index (κ2) is 6.22. The Morgan fingerprint density at radius 1 is 1.21 bits per heavy atom. The van der Waals surface area contributed by atoms with Gasteiger partial charge in [-0.1, -0.05) is 63.7 Å². The topological polar surface area (TPSA) is 20.2 Å². The molecule has 0 radical (unpaired) electrons. The summed E-state index contributed by atoms with van der Waals surface area (Å²) >= 11 is 0. The Balaban J connectivity index is 2.06. The van der Waals surface area contributed by atoms with Gasteiger partial charge >= 0.3 is 0 Å². The van der Waals surface area contributed by atoms with E-state index >= 15 is 0 Å². The molecule has 1 aliphatic carbocycles. The first-order valence-electron chi connectivity index (χ1n) is 8.88. The Bertz CT molecular complexity index is 765. The van der Waals surface area contributed by atoms with E-state index in [-0.39, 0.29) is 12.0 Å². The summed E-state index contributed by atoms with van der Waals surface area (Å²) in [5, 5.41) is 9.22. The lowest BCUT2D eigenvalue weighted by atomic mass is 9.68. The molecule has 0 amide bonds. The second-order valence-corrected chi connectivity index (χ2v) is 7.91. The fourth-order valence-corrected chi connectivity index (χ4v) is 3.88. The number of fused-ring (bicyclic) bond motifs is 1. The zero-order chi connectivity index (χ0) is 17.5. The molecule has 0 saturated carbocycles. The molecule has 0 aromatic heterocycles. The summed E-state index contributed by atoms with van der Waals surface area (Å²) in [6.45, 7) is 13.7. The third-order valence-electron chi connectivity index (χ3n) is 5.67. The third-order valence-corrected chi connectivity index (χ3v) is 5.67. The normalized spacial score (nSPS) is 19.0. The smallest absolute Gasteiger partial charge is 0.0681 e. The first kappa shape index (κ1) is 17.0. The predicted molar refractivity (Wildman–Crippen MR) is 102 cm³/mol. The molecule has 1 nitrogen and oxygen atoms in total. The number of hydrogen-bond donors (Lipinski definition) is 1. The van der Waals surface area contributed by atoms with Crippen molar-refractivity contribution in [3.05, 3.63) is 76.4 Å². The van der Waals surface area contributed by atoms with Crippen molar-refractivity contribution in [1.29, 1.82) is 0 Å². The van der Waals surface area contributed by atoms with Crippen LogP contribution in [0, 0.1) is 6.92 Å². The molecule has 3 rings (SSSR count). The zero-order valence-corrected chi connectivity index (χ0v) is 15.3. The van der Waals surface area contributed by atoms with Crippen LogP contribution >= 0.6 is 0 Å². The van der Waals surface area contributed by atoms with E-state index < -0.39 is 0 Å². The van der Waals surface area contributed by atoms with E-state index in [9.17, 15) is 5.11 Å². The van der Waals surface area contributed by atoms with Gasteiger partial charge in [-0.05, 0) is 70.1 Å². The largest absolute Gasteiger partial charge is 0.392 e. The summed E-state index contributed by atoms with van der Waals surface area (Å²) in [6, 6.07) is 12.8. The Hall–Kier alpha value is -1.86. The standard InChI is InChI=1S/C23H28O/c1-15-10-11-23(4,5)22-13-20(16(2)12-21(15)22)17(3)19-8-6-18(14-24)7-9-19/h6-9,12-13,15,24H,3,10-11,14H2,1-2,4-5H3. The van der Waals surface area contributed by atoms with Crippen molar-refractivity contribution in [3.63, 3.8) is 0 Å². The summed E-state index contributed by atoms with van der Waals surface area (Å²) in [5.41, 5.74) is 8.88. The van der Waals surface area contributed by atoms with Crippen molar-refractivity contribution in [3.8, 4) is 0 Å². The van der Waals surface area contributed by atoms with Crippen LogP contribution in [-0.4, -0.2) is 5.11 Å². The van der Waals surface area contributed by atoms with Gasteiger partial charge in [0.15, 0.2) is 0 Å². The van der Waals surface area contributed by atoms with Crippen molar-refractivity contribution >= 4 is 5.57 Å². The summed E-state index contributed by atoms with van der Waals surface area (Å²) in [5.74, 6) is 0.637. The van der Waals surface area contributed by atoms with E-state index in [1.165, 1.54) is 35.1 Å². The van der Waals surface area contributed by atoms with Crippen LogP contribution in [-0.2, 0) is 12.0 Å². The summed E-state index contributed by atoms with van der Waals surface area (Å²) < 4.78 is 0. The molecule has 0 fully saturated rings. The molecule has 1 atom stereocenters. The quantitative estimate of drug-likeness (QED) is 0.766.